The summed E-state index contributed by atoms with van der Waals surface area (Å²) in [5, 5.41) is 0. The SMILES string of the molecule is O1C2[C@@H]3OC123. The molecule has 2 nitrogen and oxygen atoms in total. The molecule has 5 heavy (non-hydrogen) atoms. The zero-order valence-corrected chi connectivity index (χ0v) is 2.47. The highest BCUT2D eigenvalue weighted by Crippen LogP contribution is 2.77. The number of rotatable bonds is 0. The van der Waals surface area contributed by atoms with Crippen LogP contribution in [0, 0.1) is 0 Å². The van der Waals surface area contributed by atoms with E-state index in [9.17, 15) is 0 Å². The Balaban J connectivity index is 2.49. The molecule has 3 fully saturated rings. The summed E-state index contributed by atoms with van der Waals surface area (Å²) in [5.41, 5.74) is 0. The lowest BCUT2D eigenvalue weighted by Crippen LogP contribution is -1.79. The van der Waals surface area contributed by atoms with Crippen LogP contribution in [0.25, 0.3) is 0 Å². The van der Waals surface area contributed by atoms with Crippen molar-refractivity contribution in [1.29, 1.82) is 0 Å². The largest absolute Gasteiger partial charge is 0.333 e. The van der Waals surface area contributed by atoms with E-state index in [1.807, 2.05) is 0 Å². The quantitative estimate of drug-likeness (QED) is 0.359. The van der Waals surface area contributed by atoms with Crippen LogP contribution in [0.5, 0.6) is 0 Å². The third kappa shape index (κ3) is 0.0364. The van der Waals surface area contributed by atoms with Gasteiger partial charge in [-0.15, -0.1) is 0 Å². The molecule has 2 aliphatic heterocycles. The molecule has 0 amide bonds. The minimum atomic E-state index is 0.0833. The Bertz CT molecular complexity index is 95.5. The van der Waals surface area contributed by atoms with Crippen molar-refractivity contribution in [2.45, 2.75) is 18.0 Å². The summed E-state index contributed by atoms with van der Waals surface area (Å²) >= 11 is 0. The number of fused-ring (bicyclic) bond motifs is 1. The lowest BCUT2D eigenvalue weighted by Gasteiger charge is -1.62. The van der Waals surface area contributed by atoms with E-state index in [1.165, 1.54) is 0 Å². The van der Waals surface area contributed by atoms with Crippen molar-refractivity contribution in [3.8, 4) is 0 Å². The van der Waals surface area contributed by atoms with Gasteiger partial charge in [-0.1, -0.05) is 0 Å². The van der Waals surface area contributed by atoms with Crippen LogP contribution in [-0.2, 0) is 9.47 Å². The second kappa shape index (κ2) is 0.172. The normalized spacial score (nSPS) is 91.2. The van der Waals surface area contributed by atoms with E-state index in [1.54, 1.807) is 0 Å². The molecule has 0 radical (unpaired) electrons. The minimum Gasteiger partial charge on any atom is -0.333 e. The van der Waals surface area contributed by atoms with Gasteiger partial charge in [-0.25, -0.2) is 0 Å². The van der Waals surface area contributed by atoms with Crippen molar-refractivity contribution in [2.75, 3.05) is 0 Å². The van der Waals surface area contributed by atoms with Crippen LogP contribution in [0.3, 0.4) is 0 Å². The van der Waals surface area contributed by atoms with E-state index in [4.69, 9.17) is 9.47 Å². The maximum atomic E-state index is 4.84. The maximum absolute atomic E-state index is 4.84. The summed E-state index contributed by atoms with van der Waals surface area (Å²) in [6.45, 7) is 0. The summed E-state index contributed by atoms with van der Waals surface area (Å²) in [4.78, 5) is 0. The van der Waals surface area contributed by atoms with E-state index in [2.05, 4.69) is 0 Å². The van der Waals surface area contributed by atoms with Crippen LogP contribution in [0.2, 0.25) is 0 Å². The van der Waals surface area contributed by atoms with Crippen molar-refractivity contribution < 1.29 is 9.47 Å². The average Bonchev–Trinajstić information content (AvgIpc) is 2.04. The molecule has 2 unspecified atom stereocenters. The van der Waals surface area contributed by atoms with Crippen molar-refractivity contribution in [2.24, 2.45) is 0 Å². The Hall–Kier alpha value is -0.0800. The first kappa shape index (κ1) is 1.58. The first-order chi connectivity index (χ1) is 2.43. The number of epoxide rings is 2. The van der Waals surface area contributed by atoms with Gasteiger partial charge in [-0.05, 0) is 0 Å². The zero-order valence-electron chi connectivity index (χ0n) is 2.47. The highest BCUT2D eigenvalue weighted by atomic mass is 17.0. The van der Waals surface area contributed by atoms with E-state index in [-0.39, 0.29) is 5.79 Å². The lowest BCUT2D eigenvalue weighted by atomic mass is 10.8. The molecule has 3 aliphatic rings. The Morgan fingerprint density at radius 3 is 1.60 bits per heavy atom. The van der Waals surface area contributed by atoms with Crippen LogP contribution >= 0.6 is 0 Å². The minimum absolute atomic E-state index is 0.0833. The van der Waals surface area contributed by atoms with E-state index < -0.39 is 0 Å². The van der Waals surface area contributed by atoms with Gasteiger partial charge in [0.15, 0.2) is 0 Å². The van der Waals surface area contributed by atoms with Crippen LogP contribution in [0.1, 0.15) is 0 Å². The van der Waals surface area contributed by atoms with E-state index >= 15 is 0 Å². The molecule has 0 N–H and O–H groups in total. The third-order valence-electron chi connectivity index (χ3n) is 1.47. The van der Waals surface area contributed by atoms with Crippen LogP contribution in [-0.4, -0.2) is 18.0 Å². The van der Waals surface area contributed by atoms with Crippen molar-refractivity contribution in [3.63, 3.8) is 0 Å². The molecular weight excluding hydrogens is 68.0 g/mol. The zero-order chi connectivity index (χ0) is 3.07. The predicted molar refractivity (Wildman–Crippen MR) is 12.5 cm³/mol. The molecule has 3 atom stereocenters. The Morgan fingerprint density at radius 2 is 1.60 bits per heavy atom. The molecule has 1 aliphatic carbocycles. The van der Waals surface area contributed by atoms with Gasteiger partial charge in [0, 0.05) is 0 Å². The van der Waals surface area contributed by atoms with Gasteiger partial charge in [0.05, 0.1) is 0 Å². The standard InChI is InChI=1S/C3H2O2/c4-1-2-3(1,4)5-2/h1-2H/t1-,2?,3?/m0/s1. The van der Waals surface area contributed by atoms with Crippen LogP contribution < -0.4 is 0 Å². The van der Waals surface area contributed by atoms with Crippen molar-refractivity contribution in [1.82, 2.24) is 0 Å². The predicted octanol–water partition coefficient (Wildman–Crippen LogP) is -0.506. The van der Waals surface area contributed by atoms with E-state index in [0.29, 0.717) is 12.2 Å². The van der Waals surface area contributed by atoms with Gasteiger partial charge < -0.3 is 9.47 Å². The lowest BCUT2D eigenvalue weighted by molar-refractivity contribution is 0.262. The van der Waals surface area contributed by atoms with Gasteiger partial charge >= 0.3 is 0 Å². The second-order valence-electron chi connectivity index (χ2n) is 1.80. The molecule has 0 aromatic rings. The second-order valence-corrected chi connectivity index (χ2v) is 1.80. The first-order valence-electron chi connectivity index (χ1n) is 1.79. The highest BCUT2D eigenvalue weighted by Gasteiger charge is 3.00. The Kier molecular flexibility index (Phi) is 0.0545. The third-order valence-corrected chi connectivity index (χ3v) is 1.47. The molecule has 0 aromatic heterocycles. The molecule has 2 heteroatoms. The monoisotopic (exact) mass is 70.0 g/mol. The Morgan fingerprint density at radius 1 is 1.20 bits per heavy atom. The molecule has 1 saturated carbocycles. The van der Waals surface area contributed by atoms with Crippen molar-refractivity contribution in [3.05, 3.63) is 0 Å². The molecule has 3 rings (SSSR count). The summed E-state index contributed by atoms with van der Waals surface area (Å²) in [5.74, 6) is 0.0833. The van der Waals surface area contributed by atoms with Crippen LogP contribution in [0.15, 0.2) is 0 Å². The summed E-state index contributed by atoms with van der Waals surface area (Å²) in [6.07, 6.45) is 1.14. The van der Waals surface area contributed by atoms with Crippen LogP contribution in [0.4, 0.5) is 0 Å². The molecule has 0 aromatic carbocycles. The fourth-order valence-electron chi connectivity index (χ4n) is 0.755. The van der Waals surface area contributed by atoms with Gasteiger partial charge in [0.1, 0.15) is 12.2 Å². The molecule has 1 spiro atoms. The summed E-state index contributed by atoms with van der Waals surface area (Å²) in [6, 6.07) is 0. The van der Waals surface area contributed by atoms with E-state index in [0.717, 1.165) is 0 Å². The maximum Gasteiger partial charge on any atom is 0.229 e. The fourth-order valence-corrected chi connectivity index (χ4v) is 0.755. The smallest absolute Gasteiger partial charge is 0.229 e. The Labute approximate surface area is 28.7 Å². The van der Waals surface area contributed by atoms with Gasteiger partial charge in [-0.2, -0.15) is 0 Å². The number of hydrogen-bond donors (Lipinski definition) is 0. The molecule has 26 valence electrons. The average molecular weight is 70.0 g/mol. The molecular formula is C3H2O2. The summed E-state index contributed by atoms with van der Waals surface area (Å²) in [7, 11) is 0. The molecule has 2 saturated heterocycles. The van der Waals surface area contributed by atoms with Gasteiger partial charge in [0.25, 0.3) is 0 Å². The summed E-state index contributed by atoms with van der Waals surface area (Å²) < 4.78 is 9.69. The first-order valence-corrected chi connectivity index (χ1v) is 1.79. The highest BCUT2D eigenvalue weighted by molar-refractivity contribution is 5.37. The fraction of sp³-hybridized carbons (Fsp3) is 1.00. The molecule has 2 heterocycles. The molecule has 0 bridgehead atoms. The number of ether oxygens (including phenoxy) is 2. The van der Waals surface area contributed by atoms with Gasteiger partial charge in [-0.3, -0.25) is 0 Å². The number of hydrogen-bond acceptors (Lipinski definition) is 2. The topological polar surface area (TPSA) is 25.1 Å². The van der Waals surface area contributed by atoms with Gasteiger partial charge in [0.2, 0.25) is 5.79 Å². The van der Waals surface area contributed by atoms with Crippen molar-refractivity contribution >= 4 is 0 Å².